The van der Waals surface area contributed by atoms with Gasteiger partial charge in [0.1, 0.15) is 6.61 Å². The molecule has 0 aliphatic carbocycles. The van der Waals surface area contributed by atoms with Crippen molar-refractivity contribution in [1.29, 1.82) is 0 Å². The minimum absolute atomic E-state index is 0.102. The van der Waals surface area contributed by atoms with Crippen molar-refractivity contribution in [2.45, 2.75) is 6.18 Å². The number of carbonyl (C=O) groups is 1. The second-order valence-corrected chi connectivity index (χ2v) is 2.95. The first kappa shape index (κ1) is 12.3. The highest BCUT2D eigenvalue weighted by atomic mass is 19.4. The van der Waals surface area contributed by atoms with Gasteiger partial charge >= 0.3 is 6.18 Å². The van der Waals surface area contributed by atoms with Crippen molar-refractivity contribution in [1.82, 2.24) is 0 Å². The Labute approximate surface area is 90.3 Å². The highest BCUT2D eigenvalue weighted by Gasteiger charge is 2.29. The van der Waals surface area contributed by atoms with Crippen molar-refractivity contribution in [2.24, 2.45) is 0 Å². The van der Waals surface area contributed by atoms with Gasteiger partial charge in [0, 0.05) is 0 Å². The van der Waals surface area contributed by atoms with E-state index in [-0.39, 0.29) is 6.61 Å². The second-order valence-electron chi connectivity index (χ2n) is 2.95. The molecule has 0 N–H and O–H groups in total. The molecular weight excluding hydrogens is 221 g/mol. The van der Waals surface area contributed by atoms with Gasteiger partial charge in [0.15, 0.2) is 0 Å². The van der Waals surface area contributed by atoms with Crippen molar-refractivity contribution >= 4 is 12.5 Å². The summed E-state index contributed by atoms with van der Waals surface area (Å²) in [6.07, 6.45) is -1.20. The average molecular weight is 230 g/mol. The lowest BCUT2D eigenvalue weighted by molar-refractivity contribution is -0.137. The van der Waals surface area contributed by atoms with Crippen molar-refractivity contribution in [3.05, 3.63) is 41.5 Å². The van der Waals surface area contributed by atoms with Gasteiger partial charge in [-0.15, -0.1) is 0 Å². The zero-order valence-corrected chi connectivity index (χ0v) is 8.20. The first-order valence-electron chi connectivity index (χ1n) is 4.43. The Balaban J connectivity index is 2.65. The SMILES string of the molecule is O=COC/C=C/c1ccc(C(F)(F)F)cc1. The van der Waals surface area contributed by atoms with Crippen LogP contribution < -0.4 is 0 Å². The number of halogens is 3. The largest absolute Gasteiger partial charge is 0.464 e. The van der Waals surface area contributed by atoms with Crippen LogP contribution >= 0.6 is 0 Å². The Hall–Kier alpha value is -1.78. The number of benzene rings is 1. The van der Waals surface area contributed by atoms with Crippen molar-refractivity contribution < 1.29 is 22.7 Å². The molecule has 0 spiro atoms. The predicted molar refractivity (Wildman–Crippen MR) is 52.5 cm³/mol. The van der Waals surface area contributed by atoms with Gasteiger partial charge in [-0.2, -0.15) is 13.2 Å². The fraction of sp³-hybridized carbons (Fsp3) is 0.182. The summed E-state index contributed by atoms with van der Waals surface area (Å²) in [6.45, 7) is 0.404. The number of hydrogen-bond donors (Lipinski definition) is 0. The second kappa shape index (κ2) is 5.34. The van der Waals surface area contributed by atoms with Crippen LogP contribution in [0.5, 0.6) is 0 Å². The van der Waals surface area contributed by atoms with E-state index in [0.717, 1.165) is 12.1 Å². The summed E-state index contributed by atoms with van der Waals surface area (Å²) in [5.74, 6) is 0. The molecule has 0 heterocycles. The Morgan fingerprint density at radius 1 is 1.19 bits per heavy atom. The molecule has 0 saturated heterocycles. The number of rotatable bonds is 4. The molecule has 0 radical (unpaired) electrons. The van der Waals surface area contributed by atoms with Crippen LogP contribution in [-0.2, 0) is 15.7 Å². The normalized spacial score (nSPS) is 11.7. The van der Waals surface area contributed by atoms with Crippen LogP contribution in [0, 0.1) is 0 Å². The lowest BCUT2D eigenvalue weighted by atomic mass is 10.1. The molecule has 0 aromatic heterocycles. The van der Waals surface area contributed by atoms with E-state index in [2.05, 4.69) is 4.74 Å². The quantitative estimate of drug-likeness (QED) is 0.587. The van der Waals surface area contributed by atoms with Crippen LogP contribution in [0.25, 0.3) is 6.08 Å². The maximum Gasteiger partial charge on any atom is 0.416 e. The lowest BCUT2D eigenvalue weighted by Crippen LogP contribution is -2.03. The maximum atomic E-state index is 12.2. The molecule has 0 saturated carbocycles. The molecule has 2 nitrogen and oxygen atoms in total. The lowest BCUT2D eigenvalue weighted by Gasteiger charge is -2.05. The fourth-order valence-electron chi connectivity index (χ4n) is 1.06. The Morgan fingerprint density at radius 3 is 2.31 bits per heavy atom. The zero-order chi connectivity index (χ0) is 12.0. The third-order valence-corrected chi connectivity index (χ3v) is 1.81. The summed E-state index contributed by atoms with van der Waals surface area (Å²) in [4.78, 5) is 9.79. The molecule has 0 aliphatic heterocycles. The van der Waals surface area contributed by atoms with Crippen molar-refractivity contribution in [3.8, 4) is 0 Å². The molecule has 5 heteroatoms. The fourth-order valence-corrected chi connectivity index (χ4v) is 1.06. The summed E-state index contributed by atoms with van der Waals surface area (Å²) in [5.41, 5.74) is -0.0729. The van der Waals surface area contributed by atoms with Crippen molar-refractivity contribution in [2.75, 3.05) is 6.61 Å². The van der Waals surface area contributed by atoms with Crippen LogP contribution in [0.4, 0.5) is 13.2 Å². The minimum atomic E-state index is -4.32. The van der Waals surface area contributed by atoms with Crippen LogP contribution in [0.1, 0.15) is 11.1 Å². The highest BCUT2D eigenvalue weighted by Crippen LogP contribution is 2.29. The third-order valence-electron chi connectivity index (χ3n) is 1.81. The van der Waals surface area contributed by atoms with Crippen LogP contribution in [0.15, 0.2) is 30.3 Å². The van der Waals surface area contributed by atoms with Crippen LogP contribution in [0.2, 0.25) is 0 Å². The minimum Gasteiger partial charge on any atom is -0.464 e. The third kappa shape index (κ3) is 3.76. The van der Waals surface area contributed by atoms with Gasteiger partial charge < -0.3 is 4.74 Å². The van der Waals surface area contributed by atoms with E-state index in [9.17, 15) is 18.0 Å². The van der Waals surface area contributed by atoms with Crippen molar-refractivity contribution in [3.63, 3.8) is 0 Å². The molecule has 1 aromatic rings. The smallest absolute Gasteiger partial charge is 0.416 e. The summed E-state index contributed by atoms with van der Waals surface area (Å²) in [6, 6.07) is 4.70. The van der Waals surface area contributed by atoms with Crippen LogP contribution in [-0.4, -0.2) is 13.1 Å². The van der Waals surface area contributed by atoms with E-state index < -0.39 is 11.7 Å². The molecule has 1 aromatic carbocycles. The Kier molecular flexibility index (Phi) is 4.10. The summed E-state index contributed by atoms with van der Waals surface area (Å²) in [7, 11) is 0. The monoisotopic (exact) mass is 230 g/mol. The summed E-state index contributed by atoms with van der Waals surface area (Å²) < 4.78 is 41.0. The first-order valence-corrected chi connectivity index (χ1v) is 4.43. The molecule has 86 valence electrons. The Morgan fingerprint density at radius 2 is 1.81 bits per heavy atom. The topological polar surface area (TPSA) is 26.3 Å². The van der Waals surface area contributed by atoms with E-state index in [0.29, 0.717) is 12.0 Å². The van der Waals surface area contributed by atoms with E-state index in [1.54, 1.807) is 6.08 Å². The average Bonchev–Trinajstić information content (AvgIpc) is 2.24. The number of hydrogen-bond acceptors (Lipinski definition) is 2. The molecule has 0 fully saturated rings. The molecule has 1 rings (SSSR count). The van der Waals surface area contributed by atoms with Gasteiger partial charge in [-0.1, -0.05) is 18.2 Å². The van der Waals surface area contributed by atoms with Gasteiger partial charge in [-0.3, -0.25) is 4.79 Å². The molecule has 16 heavy (non-hydrogen) atoms. The van der Waals surface area contributed by atoms with Gasteiger partial charge in [0.2, 0.25) is 0 Å². The summed E-state index contributed by atoms with van der Waals surface area (Å²) in [5, 5.41) is 0. The standard InChI is InChI=1S/C11H9F3O2/c12-11(13,14)10-5-3-9(4-6-10)2-1-7-16-8-15/h1-6,8H,7H2/b2-1+. The number of alkyl halides is 3. The predicted octanol–water partition coefficient (Wildman–Crippen LogP) is 2.89. The Bertz CT molecular complexity index is 366. The zero-order valence-electron chi connectivity index (χ0n) is 8.20. The van der Waals surface area contributed by atoms with E-state index in [1.165, 1.54) is 18.2 Å². The molecule has 0 amide bonds. The maximum absolute atomic E-state index is 12.2. The highest BCUT2D eigenvalue weighted by molar-refractivity contribution is 5.50. The first-order chi connectivity index (χ1) is 7.54. The molecule has 0 bridgehead atoms. The molecule has 0 unspecified atom stereocenters. The van der Waals surface area contributed by atoms with Gasteiger partial charge in [0.05, 0.1) is 5.56 Å². The molecule has 0 atom stereocenters. The van der Waals surface area contributed by atoms with Gasteiger partial charge in [-0.25, -0.2) is 0 Å². The van der Waals surface area contributed by atoms with Crippen LogP contribution in [0.3, 0.4) is 0 Å². The summed E-state index contributed by atoms with van der Waals surface area (Å²) >= 11 is 0. The van der Waals surface area contributed by atoms with Gasteiger partial charge in [-0.05, 0) is 23.8 Å². The van der Waals surface area contributed by atoms with E-state index >= 15 is 0 Å². The number of ether oxygens (including phenoxy) is 1. The molecule has 0 aliphatic rings. The van der Waals surface area contributed by atoms with E-state index in [1.807, 2.05) is 0 Å². The van der Waals surface area contributed by atoms with E-state index in [4.69, 9.17) is 0 Å². The molecular formula is C11H9F3O2. The van der Waals surface area contributed by atoms with Gasteiger partial charge in [0.25, 0.3) is 6.47 Å². The number of carbonyl (C=O) groups excluding carboxylic acids is 1.